The smallest absolute Gasteiger partial charge is 0.205 e. The lowest BCUT2D eigenvalue weighted by Gasteiger charge is -2.04. The fourth-order valence-electron chi connectivity index (χ4n) is 1.96. The highest BCUT2D eigenvalue weighted by atomic mass is 32.1. The zero-order valence-electron chi connectivity index (χ0n) is 8.84. The van der Waals surface area contributed by atoms with Gasteiger partial charge in [0.05, 0.1) is 16.7 Å². The number of nitrogens with two attached hydrogens (primary N) is 1. The van der Waals surface area contributed by atoms with Gasteiger partial charge in [-0.1, -0.05) is 12.1 Å². The summed E-state index contributed by atoms with van der Waals surface area (Å²) < 4.78 is 2.00. The van der Waals surface area contributed by atoms with Crippen molar-refractivity contribution in [2.75, 3.05) is 5.73 Å². The largest absolute Gasteiger partial charge is 0.369 e. The molecule has 0 atom stereocenters. The molecule has 4 heteroatoms. The molecule has 16 heavy (non-hydrogen) atoms. The first kappa shape index (κ1) is 9.42. The molecule has 3 rings (SSSR count). The van der Waals surface area contributed by atoms with Crippen molar-refractivity contribution in [2.45, 2.75) is 6.92 Å². The van der Waals surface area contributed by atoms with Crippen LogP contribution in [0.4, 0.5) is 5.95 Å². The normalized spacial score (nSPS) is 11.1. The van der Waals surface area contributed by atoms with Crippen molar-refractivity contribution in [2.24, 2.45) is 0 Å². The van der Waals surface area contributed by atoms with Gasteiger partial charge in [0.2, 0.25) is 5.95 Å². The number of para-hydroxylation sites is 1. The van der Waals surface area contributed by atoms with Gasteiger partial charge < -0.3 is 5.73 Å². The molecule has 0 aliphatic heterocycles. The average molecular weight is 229 g/mol. The number of nitrogens with zero attached hydrogens (tertiary/aromatic N) is 2. The SMILES string of the molecule is Cc1cccc2nc(N)n(-c3ccsc3)c12. The molecule has 0 unspecified atom stereocenters. The summed E-state index contributed by atoms with van der Waals surface area (Å²) in [7, 11) is 0. The molecule has 0 aliphatic rings. The third-order valence-corrected chi connectivity index (χ3v) is 3.34. The minimum Gasteiger partial charge on any atom is -0.369 e. The van der Waals surface area contributed by atoms with Crippen molar-refractivity contribution in [3.8, 4) is 5.69 Å². The number of hydrogen-bond donors (Lipinski definition) is 1. The highest BCUT2D eigenvalue weighted by Gasteiger charge is 2.11. The summed E-state index contributed by atoms with van der Waals surface area (Å²) in [5.41, 5.74) is 10.3. The molecule has 0 amide bonds. The van der Waals surface area contributed by atoms with E-state index in [1.807, 2.05) is 22.1 Å². The zero-order chi connectivity index (χ0) is 11.1. The summed E-state index contributed by atoms with van der Waals surface area (Å²) in [6, 6.07) is 8.12. The number of aromatic nitrogens is 2. The van der Waals surface area contributed by atoms with E-state index in [9.17, 15) is 0 Å². The van der Waals surface area contributed by atoms with Gasteiger partial charge in [0.15, 0.2) is 0 Å². The van der Waals surface area contributed by atoms with E-state index in [-0.39, 0.29) is 0 Å². The Labute approximate surface area is 97.2 Å². The van der Waals surface area contributed by atoms with Crippen molar-refractivity contribution in [1.29, 1.82) is 0 Å². The number of nitrogen functional groups attached to an aromatic ring is 1. The van der Waals surface area contributed by atoms with Crippen LogP contribution in [0.2, 0.25) is 0 Å². The van der Waals surface area contributed by atoms with E-state index in [0.29, 0.717) is 5.95 Å². The van der Waals surface area contributed by atoms with Crippen LogP contribution in [0.25, 0.3) is 16.7 Å². The van der Waals surface area contributed by atoms with Gasteiger partial charge in [-0.25, -0.2) is 4.98 Å². The monoisotopic (exact) mass is 229 g/mol. The van der Waals surface area contributed by atoms with Crippen molar-refractivity contribution in [3.05, 3.63) is 40.6 Å². The first-order valence-corrected chi connectivity index (χ1v) is 5.98. The Hall–Kier alpha value is -1.81. The Morgan fingerprint density at radius 1 is 1.31 bits per heavy atom. The summed E-state index contributed by atoms with van der Waals surface area (Å²) in [5.74, 6) is 0.544. The summed E-state index contributed by atoms with van der Waals surface area (Å²) in [5, 5.41) is 4.11. The first-order valence-electron chi connectivity index (χ1n) is 5.03. The van der Waals surface area contributed by atoms with Crippen LogP contribution in [0.1, 0.15) is 5.56 Å². The predicted octanol–water partition coefficient (Wildman–Crippen LogP) is 2.98. The number of fused-ring (bicyclic) bond motifs is 1. The predicted molar refractivity (Wildman–Crippen MR) is 68.1 cm³/mol. The second kappa shape index (κ2) is 3.35. The Morgan fingerprint density at radius 2 is 2.19 bits per heavy atom. The number of imidazole rings is 1. The summed E-state index contributed by atoms with van der Waals surface area (Å²) in [6.07, 6.45) is 0. The fraction of sp³-hybridized carbons (Fsp3) is 0.0833. The molecule has 0 spiro atoms. The highest BCUT2D eigenvalue weighted by molar-refractivity contribution is 7.08. The van der Waals surface area contributed by atoms with Gasteiger partial charge in [-0.2, -0.15) is 11.3 Å². The van der Waals surface area contributed by atoms with Crippen molar-refractivity contribution >= 4 is 28.3 Å². The van der Waals surface area contributed by atoms with E-state index in [0.717, 1.165) is 16.7 Å². The first-order chi connectivity index (χ1) is 7.77. The molecule has 80 valence electrons. The molecule has 0 bridgehead atoms. The molecule has 3 aromatic rings. The molecule has 0 fully saturated rings. The molecule has 1 aromatic carbocycles. The summed E-state index contributed by atoms with van der Waals surface area (Å²) >= 11 is 1.66. The van der Waals surface area contributed by atoms with Crippen LogP contribution < -0.4 is 5.73 Å². The molecule has 0 saturated heterocycles. The van der Waals surface area contributed by atoms with E-state index in [4.69, 9.17) is 5.73 Å². The molecule has 0 saturated carbocycles. The van der Waals surface area contributed by atoms with Crippen molar-refractivity contribution in [1.82, 2.24) is 9.55 Å². The van der Waals surface area contributed by atoms with Crippen LogP contribution in [0, 0.1) is 6.92 Å². The Kier molecular flexibility index (Phi) is 1.97. The van der Waals surface area contributed by atoms with E-state index in [2.05, 4.69) is 29.4 Å². The molecule has 2 heterocycles. The molecule has 2 N–H and O–H groups in total. The maximum Gasteiger partial charge on any atom is 0.205 e. The van der Waals surface area contributed by atoms with Gasteiger partial charge in [-0.05, 0) is 30.0 Å². The van der Waals surface area contributed by atoms with Crippen LogP contribution in [0.15, 0.2) is 35.0 Å². The number of rotatable bonds is 1. The number of thiophene rings is 1. The van der Waals surface area contributed by atoms with E-state index < -0.39 is 0 Å². The minimum atomic E-state index is 0.544. The Bertz CT molecular complexity index is 638. The Balaban J connectivity index is 2.44. The molecule has 3 nitrogen and oxygen atoms in total. The van der Waals surface area contributed by atoms with E-state index >= 15 is 0 Å². The fourth-order valence-corrected chi connectivity index (χ4v) is 2.58. The van der Waals surface area contributed by atoms with Gasteiger partial charge in [-0.3, -0.25) is 4.57 Å². The van der Waals surface area contributed by atoms with Crippen LogP contribution >= 0.6 is 11.3 Å². The lowest BCUT2D eigenvalue weighted by molar-refractivity contribution is 1.11. The van der Waals surface area contributed by atoms with Crippen LogP contribution in [0.3, 0.4) is 0 Å². The van der Waals surface area contributed by atoms with E-state index in [1.165, 1.54) is 5.56 Å². The quantitative estimate of drug-likeness (QED) is 0.697. The van der Waals surface area contributed by atoms with E-state index in [1.54, 1.807) is 11.3 Å². The van der Waals surface area contributed by atoms with Gasteiger partial charge in [0.1, 0.15) is 0 Å². The molecular weight excluding hydrogens is 218 g/mol. The minimum absolute atomic E-state index is 0.544. The van der Waals surface area contributed by atoms with Gasteiger partial charge in [0.25, 0.3) is 0 Å². The number of anilines is 1. The van der Waals surface area contributed by atoms with Gasteiger partial charge >= 0.3 is 0 Å². The second-order valence-corrected chi connectivity index (χ2v) is 4.51. The number of benzene rings is 1. The zero-order valence-corrected chi connectivity index (χ0v) is 9.66. The Morgan fingerprint density at radius 3 is 2.94 bits per heavy atom. The molecule has 0 radical (unpaired) electrons. The van der Waals surface area contributed by atoms with Gasteiger partial charge in [0, 0.05) is 5.38 Å². The maximum absolute atomic E-state index is 5.97. The highest BCUT2D eigenvalue weighted by Crippen LogP contribution is 2.26. The average Bonchev–Trinajstić information content (AvgIpc) is 2.84. The molecular formula is C12H11N3S. The lowest BCUT2D eigenvalue weighted by Crippen LogP contribution is -1.99. The van der Waals surface area contributed by atoms with Crippen molar-refractivity contribution < 1.29 is 0 Å². The second-order valence-electron chi connectivity index (χ2n) is 3.73. The summed E-state index contributed by atoms with van der Waals surface area (Å²) in [6.45, 7) is 2.08. The molecule has 0 aliphatic carbocycles. The van der Waals surface area contributed by atoms with Crippen molar-refractivity contribution in [3.63, 3.8) is 0 Å². The van der Waals surface area contributed by atoms with Gasteiger partial charge in [-0.15, -0.1) is 0 Å². The van der Waals surface area contributed by atoms with Crippen LogP contribution in [-0.4, -0.2) is 9.55 Å². The third-order valence-electron chi connectivity index (χ3n) is 2.67. The standard InChI is InChI=1S/C12H11N3S/c1-8-3-2-4-10-11(8)15(12(13)14-10)9-5-6-16-7-9/h2-7H,1H3,(H2,13,14). The number of hydrogen-bond acceptors (Lipinski definition) is 3. The molecule has 2 aromatic heterocycles. The topological polar surface area (TPSA) is 43.8 Å². The summed E-state index contributed by atoms with van der Waals surface area (Å²) in [4.78, 5) is 4.38. The van der Waals surface area contributed by atoms with Crippen LogP contribution in [0.5, 0.6) is 0 Å². The third kappa shape index (κ3) is 1.23. The maximum atomic E-state index is 5.97. The lowest BCUT2D eigenvalue weighted by atomic mass is 10.2. The number of aryl methyl sites for hydroxylation is 1. The van der Waals surface area contributed by atoms with Crippen LogP contribution in [-0.2, 0) is 0 Å².